The number of carbonyl (C=O) groups excluding carboxylic acids is 3. The summed E-state index contributed by atoms with van der Waals surface area (Å²) in [7, 11) is 0. The number of furan rings is 1. The third-order valence-corrected chi connectivity index (χ3v) is 7.22. The summed E-state index contributed by atoms with van der Waals surface area (Å²) in [6.45, 7) is 2.06. The zero-order valence-electron chi connectivity index (χ0n) is 17.5. The number of carbonyl (C=O) groups is 3. The quantitative estimate of drug-likeness (QED) is 0.313. The predicted molar refractivity (Wildman–Crippen MR) is 114 cm³/mol. The Morgan fingerprint density at radius 2 is 1.84 bits per heavy atom. The largest absolute Gasteiger partial charge is 0.462 e. The number of esters is 1. The molecule has 7 nitrogen and oxygen atoms in total. The first-order chi connectivity index (χ1) is 15.6. The second kappa shape index (κ2) is 7.02. The molecule has 1 saturated heterocycles. The molecule has 2 amide bonds. The number of imide groups is 1. The minimum Gasteiger partial charge on any atom is -0.462 e. The van der Waals surface area contributed by atoms with Crippen LogP contribution in [0, 0.1) is 35.5 Å². The van der Waals surface area contributed by atoms with Gasteiger partial charge in [-0.2, -0.15) is 10.1 Å². The molecule has 1 aromatic heterocycles. The first-order valence-electron chi connectivity index (χ1n) is 11.0. The van der Waals surface area contributed by atoms with Crippen molar-refractivity contribution in [2.45, 2.75) is 13.3 Å². The minimum absolute atomic E-state index is 0.175. The Kier molecular flexibility index (Phi) is 4.22. The van der Waals surface area contributed by atoms with Crippen molar-refractivity contribution in [3.63, 3.8) is 0 Å². The first kappa shape index (κ1) is 19.2. The van der Waals surface area contributed by atoms with Crippen LogP contribution in [-0.4, -0.2) is 35.6 Å². The maximum Gasteiger partial charge on any atom is 0.338 e. The Balaban J connectivity index is 1.21. The number of amides is 2. The van der Waals surface area contributed by atoms with Gasteiger partial charge in [0.1, 0.15) is 11.5 Å². The van der Waals surface area contributed by atoms with Crippen molar-refractivity contribution in [2.75, 3.05) is 6.61 Å². The summed E-state index contributed by atoms with van der Waals surface area (Å²) in [6.07, 6.45) is 6.82. The second-order valence-electron chi connectivity index (χ2n) is 8.89. The van der Waals surface area contributed by atoms with Crippen LogP contribution in [0.4, 0.5) is 0 Å². The summed E-state index contributed by atoms with van der Waals surface area (Å²) in [6, 6.07) is 10.4. The van der Waals surface area contributed by atoms with Crippen molar-refractivity contribution in [2.24, 2.45) is 40.6 Å². The highest BCUT2D eigenvalue weighted by Gasteiger charge is 2.67. The molecule has 0 radical (unpaired) electrons. The molecule has 5 aliphatic rings. The number of hydrazone groups is 1. The molecule has 1 aromatic carbocycles. The number of ether oxygens (including phenoxy) is 1. The van der Waals surface area contributed by atoms with E-state index >= 15 is 0 Å². The van der Waals surface area contributed by atoms with E-state index in [9.17, 15) is 14.4 Å². The topological polar surface area (TPSA) is 89.2 Å². The monoisotopic (exact) mass is 430 g/mol. The van der Waals surface area contributed by atoms with Gasteiger partial charge in [-0.05, 0) is 61.3 Å². The third kappa shape index (κ3) is 2.80. The van der Waals surface area contributed by atoms with Gasteiger partial charge in [-0.3, -0.25) is 9.59 Å². The Bertz CT molecular complexity index is 1160. The van der Waals surface area contributed by atoms with Gasteiger partial charge in [0.2, 0.25) is 0 Å². The molecule has 4 aliphatic carbocycles. The standard InChI is InChI=1S/C25H22N2O5/c1-2-31-25(30)14-5-3-4-13(10-14)20-9-6-15(32-20)12-26-27-23(28)21-16-7-8-17(19-11-18(16)19)22(21)24(27)29/h3-10,12,16-19,21-22H,2,11H2,1H3/b26-12-/t16-,17-,18-,19+,21-,22+/m0/s1. The summed E-state index contributed by atoms with van der Waals surface area (Å²) >= 11 is 0. The highest BCUT2D eigenvalue weighted by molar-refractivity contribution is 6.06. The van der Waals surface area contributed by atoms with Gasteiger partial charge < -0.3 is 9.15 Å². The Hall–Kier alpha value is -3.48. The molecular formula is C25H22N2O5. The van der Waals surface area contributed by atoms with Crippen LogP contribution in [-0.2, 0) is 14.3 Å². The molecule has 0 spiro atoms. The van der Waals surface area contributed by atoms with E-state index in [1.165, 1.54) is 6.21 Å². The summed E-state index contributed by atoms with van der Waals surface area (Å²) in [5.41, 5.74) is 1.16. The highest BCUT2D eigenvalue weighted by Crippen LogP contribution is 2.65. The molecule has 162 valence electrons. The van der Waals surface area contributed by atoms with Gasteiger partial charge in [0.15, 0.2) is 0 Å². The van der Waals surface area contributed by atoms with Crippen LogP contribution in [0.1, 0.15) is 29.5 Å². The lowest BCUT2D eigenvalue weighted by Gasteiger charge is -2.37. The molecular weight excluding hydrogens is 408 g/mol. The Labute approximate surface area is 184 Å². The van der Waals surface area contributed by atoms with E-state index in [-0.39, 0.29) is 35.5 Å². The molecule has 2 saturated carbocycles. The van der Waals surface area contributed by atoms with Crippen molar-refractivity contribution >= 4 is 24.0 Å². The first-order valence-corrected chi connectivity index (χ1v) is 11.0. The van der Waals surface area contributed by atoms with Gasteiger partial charge in [-0.25, -0.2) is 4.79 Å². The Morgan fingerprint density at radius 1 is 1.12 bits per heavy atom. The predicted octanol–water partition coefficient (Wildman–Crippen LogP) is 3.51. The highest BCUT2D eigenvalue weighted by atomic mass is 16.5. The maximum atomic E-state index is 13.0. The number of nitrogens with zero attached hydrogens (tertiary/aromatic N) is 2. The SMILES string of the molecule is CCOC(=O)c1cccc(-c2ccc(/C=N\N3C(=O)[C@@H]4[C@H]5C=C[C@@H]([C@@H]6C[C@H]56)[C@@H]4C3=O)o2)c1. The molecule has 2 aromatic rings. The van der Waals surface area contributed by atoms with Crippen LogP contribution < -0.4 is 0 Å². The van der Waals surface area contributed by atoms with E-state index in [1.807, 2.05) is 6.07 Å². The second-order valence-corrected chi connectivity index (χ2v) is 8.89. The molecule has 2 heterocycles. The number of hydrogen-bond donors (Lipinski definition) is 0. The molecule has 6 atom stereocenters. The van der Waals surface area contributed by atoms with Gasteiger partial charge in [0.25, 0.3) is 11.8 Å². The molecule has 2 bridgehead atoms. The average molecular weight is 430 g/mol. The lowest BCUT2D eigenvalue weighted by Crippen LogP contribution is -2.40. The van der Waals surface area contributed by atoms with Crippen LogP contribution >= 0.6 is 0 Å². The summed E-state index contributed by atoms with van der Waals surface area (Å²) in [4.78, 5) is 38.0. The van der Waals surface area contributed by atoms with E-state index in [4.69, 9.17) is 9.15 Å². The van der Waals surface area contributed by atoms with Gasteiger partial charge in [0, 0.05) is 5.56 Å². The fourth-order valence-electron chi connectivity index (χ4n) is 5.76. The number of allylic oxidation sites excluding steroid dienone is 2. The van der Waals surface area contributed by atoms with Crippen molar-refractivity contribution in [3.05, 3.63) is 59.9 Å². The summed E-state index contributed by atoms with van der Waals surface area (Å²) < 4.78 is 10.9. The fourth-order valence-corrected chi connectivity index (χ4v) is 5.76. The maximum absolute atomic E-state index is 13.0. The van der Waals surface area contributed by atoms with Crippen molar-refractivity contribution < 1.29 is 23.5 Å². The van der Waals surface area contributed by atoms with E-state index in [0.29, 0.717) is 35.5 Å². The van der Waals surface area contributed by atoms with E-state index in [1.54, 1.807) is 37.3 Å². The minimum atomic E-state index is -0.392. The van der Waals surface area contributed by atoms with E-state index in [2.05, 4.69) is 17.3 Å². The smallest absolute Gasteiger partial charge is 0.338 e. The van der Waals surface area contributed by atoms with Crippen molar-refractivity contribution in [1.82, 2.24) is 5.01 Å². The van der Waals surface area contributed by atoms with Crippen molar-refractivity contribution in [3.8, 4) is 11.3 Å². The van der Waals surface area contributed by atoms with E-state index < -0.39 is 5.97 Å². The third-order valence-electron chi connectivity index (χ3n) is 7.22. The van der Waals surface area contributed by atoms with Crippen molar-refractivity contribution in [1.29, 1.82) is 0 Å². The zero-order chi connectivity index (χ0) is 22.0. The molecule has 1 aliphatic heterocycles. The van der Waals surface area contributed by atoms with Gasteiger partial charge in [0.05, 0.1) is 30.2 Å². The van der Waals surface area contributed by atoms with Crippen LogP contribution in [0.15, 0.2) is 58.1 Å². The van der Waals surface area contributed by atoms with Crippen LogP contribution in [0.3, 0.4) is 0 Å². The fraction of sp³-hybridized carbons (Fsp3) is 0.360. The molecule has 32 heavy (non-hydrogen) atoms. The summed E-state index contributed by atoms with van der Waals surface area (Å²) in [5, 5.41) is 5.25. The van der Waals surface area contributed by atoms with Gasteiger partial charge in [-0.15, -0.1) is 0 Å². The van der Waals surface area contributed by atoms with Crippen LogP contribution in [0.5, 0.6) is 0 Å². The van der Waals surface area contributed by atoms with Crippen LogP contribution in [0.2, 0.25) is 0 Å². The lowest BCUT2D eigenvalue weighted by molar-refractivity contribution is -0.140. The van der Waals surface area contributed by atoms with Crippen LogP contribution in [0.25, 0.3) is 11.3 Å². The molecule has 0 N–H and O–H groups in total. The zero-order valence-corrected chi connectivity index (χ0v) is 17.5. The van der Waals surface area contributed by atoms with E-state index in [0.717, 1.165) is 17.0 Å². The number of hydrogen-bond acceptors (Lipinski definition) is 6. The number of benzene rings is 1. The Morgan fingerprint density at radius 3 is 2.53 bits per heavy atom. The molecule has 0 unspecified atom stereocenters. The normalized spacial score (nSPS) is 31.8. The van der Waals surface area contributed by atoms with Gasteiger partial charge in [-0.1, -0.05) is 24.3 Å². The van der Waals surface area contributed by atoms with Gasteiger partial charge >= 0.3 is 5.97 Å². The molecule has 7 heteroatoms. The number of rotatable bonds is 5. The average Bonchev–Trinajstić information content (AvgIpc) is 3.44. The summed E-state index contributed by atoms with van der Waals surface area (Å²) in [5.74, 6) is 1.11. The lowest BCUT2D eigenvalue weighted by atomic mass is 9.63. The molecule has 3 fully saturated rings. The molecule has 7 rings (SSSR count).